The first kappa shape index (κ1) is 63.5. The zero-order valence-electron chi connectivity index (χ0n) is 43.6. The highest BCUT2D eigenvalue weighted by atomic mass is 16.6. The summed E-state index contributed by atoms with van der Waals surface area (Å²) in [5.41, 5.74) is 0. The van der Waals surface area contributed by atoms with Gasteiger partial charge < -0.3 is 14.2 Å². The van der Waals surface area contributed by atoms with E-state index in [0.29, 0.717) is 19.3 Å². The Morgan fingerprint density at radius 3 is 0.926 bits per heavy atom. The first-order chi connectivity index (χ1) is 33.5. The summed E-state index contributed by atoms with van der Waals surface area (Å²) in [6.45, 7) is 6.31. The lowest BCUT2D eigenvalue weighted by atomic mass is 10.1. The molecule has 0 aromatic heterocycles. The van der Waals surface area contributed by atoms with Crippen molar-refractivity contribution in [3.63, 3.8) is 0 Å². The molecule has 0 bridgehead atoms. The summed E-state index contributed by atoms with van der Waals surface area (Å²) in [6, 6.07) is 0. The minimum Gasteiger partial charge on any atom is -0.462 e. The summed E-state index contributed by atoms with van der Waals surface area (Å²) in [6.07, 6.45) is 77.2. The Kier molecular flexibility index (Phi) is 51.5. The van der Waals surface area contributed by atoms with Crippen LogP contribution in [0, 0.1) is 0 Å². The van der Waals surface area contributed by atoms with Crippen LogP contribution in [0.3, 0.4) is 0 Å². The lowest BCUT2D eigenvalue weighted by Crippen LogP contribution is -2.30. The quantitative estimate of drug-likeness (QED) is 0.0262. The summed E-state index contributed by atoms with van der Waals surface area (Å²) in [5, 5.41) is 0. The Morgan fingerprint density at radius 2 is 0.574 bits per heavy atom. The van der Waals surface area contributed by atoms with E-state index in [1.165, 1.54) is 32.1 Å². The number of esters is 3. The maximum atomic E-state index is 12.8. The molecule has 68 heavy (non-hydrogen) atoms. The molecule has 0 heterocycles. The zero-order valence-corrected chi connectivity index (χ0v) is 43.6. The van der Waals surface area contributed by atoms with Crippen molar-refractivity contribution in [3.05, 3.63) is 134 Å². The minimum absolute atomic E-state index is 0.111. The van der Waals surface area contributed by atoms with Crippen molar-refractivity contribution in [3.8, 4) is 0 Å². The van der Waals surface area contributed by atoms with Crippen LogP contribution in [0.5, 0.6) is 0 Å². The van der Waals surface area contributed by atoms with Crippen LogP contribution in [0.15, 0.2) is 134 Å². The molecule has 0 aliphatic heterocycles. The normalized spacial score (nSPS) is 13.2. The van der Waals surface area contributed by atoms with Crippen molar-refractivity contribution in [2.75, 3.05) is 13.2 Å². The van der Waals surface area contributed by atoms with Crippen molar-refractivity contribution in [1.29, 1.82) is 0 Å². The van der Waals surface area contributed by atoms with Crippen LogP contribution in [-0.2, 0) is 28.6 Å². The Labute approximate surface area is 417 Å². The first-order valence-corrected chi connectivity index (χ1v) is 27.2. The number of allylic oxidation sites excluding steroid dienone is 22. The van der Waals surface area contributed by atoms with Crippen molar-refractivity contribution in [2.45, 2.75) is 226 Å². The van der Waals surface area contributed by atoms with E-state index in [0.717, 1.165) is 141 Å². The molecule has 6 heteroatoms. The van der Waals surface area contributed by atoms with E-state index in [4.69, 9.17) is 14.2 Å². The lowest BCUT2D eigenvalue weighted by molar-refractivity contribution is -0.167. The average Bonchev–Trinajstić information content (AvgIpc) is 3.34. The third-order valence-electron chi connectivity index (χ3n) is 10.9. The highest BCUT2D eigenvalue weighted by Gasteiger charge is 2.19. The van der Waals surface area contributed by atoms with Gasteiger partial charge in [0.2, 0.25) is 0 Å². The van der Waals surface area contributed by atoms with Crippen molar-refractivity contribution >= 4 is 17.9 Å². The molecule has 0 amide bonds. The predicted octanol–water partition coefficient (Wildman–Crippen LogP) is 18.3. The fourth-order valence-electron chi connectivity index (χ4n) is 6.84. The van der Waals surface area contributed by atoms with Crippen molar-refractivity contribution in [2.24, 2.45) is 0 Å². The predicted molar refractivity (Wildman–Crippen MR) is 292 cm³/mol. The van der Waals surface area contributed by atoms with Crippen LogP contribution in [0.2, 0.25) is 0 Å². The number of rotatable bonds is 47. The molecular formula is C62H98O6. The van der Waals surface area contributed by atoms with Crippen LogP contribution in [0.4, 0.5) is 0 Å². The average molecular weight is 939 g/mol. The second kappa shape index (κ2) is 55.1. The topological polar surface area (TPSA) is 78.9 Å². The Hall–Kier alpha value is -4.45. The smallest absolute Gasteiger partial charge is 0.306 e. The minimum atomic E-state index is -0.818. The summed E-state index contributed by atoms with van der Waals surface area (Å²) < 4.78 is 16.8. The number of carbonyl (C=O) groups excluding carboxylic acids is 3. The standard InChI is InChI=1S/C62H98O6/c1-4-7-10-13-16-19-22-25-27-29-31-33-35-37-40-43-46-49-52-55-61(64)67-58-59(57-66-60(63)54-51-48-45-42-39-24-21-18-15-12-9-6-3)68-62(65)56-53-50-47-44-41-38-36-34-32-30-28-26-23-20-17-14-11-8-5-2/h7-8,10-11,16-21,25-28,31-34,37-38,40-41,59H,4-6,9,12-15,22-24,29-30,35-36,39,42-58H2,1-3H3/b10-7-,11-8-,19-16-,20-17-,21-18-,27-25-,28-26-,33-31-,34-32-,40-37-,41-38-. The van der Waals surface area contributed by atoms with Gasteiger partial charge >= 0.3 is 17.9 Å². The van der Waals surface area contributed by atoms with Crippen LogP contribution in [0.1, 0.15) is 220 Å². The van der Waals surface area contributed by atoms with Crippen LogP contribution in [-0.4, -0.2) is 37.2 Å². The monoisotopic (exact) mass is 939 g/mol. The van der Waals surface area contributed by atoms with E-state index in [1.54, 1.807) is 0 Å². The van der Waals surface area contributed by atoms with Gasteiger partial charge in [-0.3, -0.25) is 14.4 Å². The lowest BCUT2D eigenvalue weighted by Gasteiger charge is -2.18. The number of unbranched alkanes of at least 4 members (excludes halogenated alkanes) is 14. The maximum absolute atomic E-state index is 12.8. The molecule has 0 spiro atoms. The summed E-state index contributed by atoms with van der Waals surface area (Å²) >= 11 is 0. The molecule has 0 aromatic carbocycles. The maximum Gasteiger partial charge on any atom is 0.306 e. The molecule has 0 fully saturated rings. The molecular weight excluding hydrogens is 841 g/mol. The van der Waals surface area contributed by atoms with E-state index in [-0.39, 0.29) is 37.5 Å². The van der Waals surface area contributed by atoms with Crippen molar-refractivity contribution < 1.29 is 28.6 Å². The molecule has 382 valence electrons. The molecule has 1 atom stereocenters. The highest BCUT2D eigenvalue weighted by molar-refractivity contribution is 5.71. The Morgan fingerprint density at radius 1 is 0.309 bits per heavy atom. The molecule has 1 unspecified atom stereocenters. The fraction of sp³-hybridized carbons (Fsp3) is 0.597. The second-order valence-electron chi connectivity index (χ2n) is 17.4. The van der Waals surface area contributed by atoms with E-state index in [9.17, 15) is 14.4 Å². The van der Waals surface area contributed by atoms with Gasteiger partial charge in [-0.25, -0.2) is 0 Å². The molecule has 0 aliphatic rings. The second-order valence-corrected chi connectivity index (χ2v) is 17.4. The zero-order chi connectivity index (χ0) is 49.3. The van der Waals surface area contributed by atoms with E-state index >= 15 is 0 Å². The molecule has 0 saturated carbocycles. The molecule has 0 aliphatic carbocycles. The number of hydrogen-bond acceptors (Lipinski definition) is 6. The number of ether oxygens (including phenoxy) is 3. The van der Waals surface area contributed by atoms with Gasteiger partial charge in [0.25, 0.3) is 0 Å². The number of carbonyl (C=O) groups is 3. The molecule has 6 nitrogen and oxygen atoms in total. The third kappa shape index (κ3) is 52.5. The van der Waals surface area contributed by atoms with Gasteiger partial charge in [0.15, 0.2) is 6.10 Å². The van der Waals surface area contributed by atoms with E-state index < -0.39 is 6.10 Å². The van der Waals surface area contributed by atoms with Gasteiger partial charge in [-0.05, 0) is 135 Å². The van der Waals surface area contributed by atoms with Gasteiger partial charge in [0.1, 0.15) is 13.2 Å². The molecule has 0 radical (unpaired) electrons. The van der Waals surface area contributed by atoms with Crippen LogP contribution >= 0.6 is 0 Å². The molecule has 0 rings (SSSR count). The van der Waals surface area contributed by atoms with E-state index in [1.807, 2.05) is 0 Å². The van der Waals surface area contributed by atoms with Gasteiger partial charge in [-0.15, -0.1) is 0 Å². The van der Waals surface area contributed by atoms with Crippen LogP contribution < -0.4 is 0 Å². The Balaban J connectivity index is 4.53. The Bertz CT molecular complexity index is 1500. The SMILES string of the molecule is CC/C=C\C/C=C\C/C=C\C/C=C\C/C=C\CCCCCC(=O)OCC(COC(=O)CCCCCCC/C=C\CCCCC)OC(=O)CCCCC/C=C\C/C=C\C/C=C\C/C=C\C/C=C\CC. The third-order valence-corrected chi connectivity index (χ3v) is 10.9. The summed E-state index contributed by atoms with van der Waals surface area (Å²) in [5.74, 6) is -0.993. The molecule has 0 N–H and O–H groups in total. The highest BCUT2D eigenvalue weighted by Crippen LogP contribution is 2.12. The first-order valence-electron chi connectivity index (χ1n) is 27.2. The van der Waals surface area contributed by atoms with Crippen molar-refractivity contribution in [1.82, 2.24) is 0 Å². The largest absolute Gasteiger partial charge is 0.462 e. The van der Waals surface area contributed by atoms with Gasteiger partial charge in [-0.1, -0.05) is 199 Å². The summed E-state index contributed by atoms with van der Waals surface area (Å²) in [4.78, 5) is 38.1. The van der Waals surface area contributed by atoms with E-state index in [2.05, 4.69) is 154 Å². The van der Waals surface area contributed by atoms with Gasteiger partial charge in [0.05, 0.1) is 0 Å². The van der Waals surface area contributed by atoms with Gasteiger partial charge in [-0.2, -0.15) is 0 Å². The molecule has 0 saturated heterocycles. The van der Waals surface area contributed by atoms with Gasteiger partial charge in [0, 0.05) is 19.3 Å². The summed E-state index contributed by atoms with van der Waals surface area (Å²) in [7, 11) is 0. The fourth-order valence-corrected chi connectivity index (χ4v) is 6.84. The molecule has 0 aromatic rings. The number of hydrogen-bond donors (Lipinski definition) is 0. The van der Waals surface area contributed by atoms with Crippen LogP contribution in [0.25, 0.3) is 0 Å².